The first-order valence-electron chi connectivity index (χ1n) is 16.5. The van der Waals surface area contributed by atoms with Crippen LogP contribution in [0.25, 0.3) is 0 Å². The minimum Gasteiger partial charge on any atom is -0.356 e. The van der Waals surface area contributed by atoms with Gasteiger partial charge in [-0.25, -0.2) is 0 Å². The lowest BCUT2D eigenvalue weighted by molar-refractivity contribution is 0.144. The minimum atomic E-state index is 0.621. The summed E-state index contributed by atoms with van der Waals surface area (Å²) in [6, 6.07) is 0. The summed E-state index contributed by atoms with van der Waals surface area (Å²) in [6.07, 6.45) is 41.1. The molecule has 0 amide bonds. The van der Waals surface area contributed by atoms with Crippen molar-refractivity contribution in [2.45, 2.75) is 187 Å². The average molecular weight is 491 g/mol. The van der Waals surface area contributed by atoms with E-state index in [9.17, 15) is 0 Å². The second-order valence-electron chi connectivity index (χ2n) is 11.4. The van der Waals surface area contributed by atoms with Crippen molar-refractivity contribution in [3.05, 3.63) is 12.4 Å². The van der Waals surface area contributed by atoms with Crippen molar-refractivity contribution in [3.63, 3.8) is 0 Å². The minimum absolute atomic E-state index is 0.621. The van der Waals surface area contributed by atoms with Gasteiger partial charge in [-0.3, -0.25) is 0 Å². The zero-order chi connectivity index (χ0) is 25.2. The molecule has 1 rings (SSSR count). The fourth-order valence-electron chi connectivity index (χ4n) is 5.75. The van der Waals surface area contributed by atoms with Crippen LogP contribution in [0.3, 0.4) is 0 Å². The summed E-state index contributed by atoms with van der Waals surface area (Å²) in [6.45, 7) is 9.47. The number of nitrogens with zero attached hydrogens (tertiary/aromatic N) is 2. The SMILES string of the molecule is CCCCCCCCCCCCCCCCCCCN1C=CN(CCCCCCCCC)C1CC. The Kier molecular flexibility index (Phi) is 23.1. The normalized spacial score (nSPS) is 15.6. The molecule has 1 aliphatic heterocycles. The van der Waals surface area contributed by atoms with Crippen LogP contribution in [0.15, 0.2) is 12.4 Å². The third-order valence-corrected chi connectivity index (χ3v) is 8.12. The molecule has 208 valence electrons. The molecule has 0 aromatic heterocycles. The molecule has 1 heterocycles. The van der Waals surface area contributed by atoms with Crippen LogP contribution in [0.4, 0.5) is 0 Å². The predicted octanol–water partition coefficient (Wildman–Crippen LogP) is 11.2. The third-order valence-electron chi connectivity index (χ3n) is 8.12. The lowest BCUT2D eigenvalue weighted by atomic mass is 10.0. The Morgan fingerprint density at radius 2 is 0.629 bits per heavy atom. The summed E-state index contributed by atoms with van der Waals surface area (Å²) >= 11 is 0. The first kappa shape index (κ1) is 32.4. The van der Waals surface area contributed by atoms with Gasteiger partial charge < -0.3 is 9.80 Å². The monoisotopic (exact) mass is 491 g/mol. The van der Waals surface area contributed by atoms with Crippen LogP contribution < -0.4 is 0 Å². The van der Waals surface area contributed by atoms with Gasteiger partial charge in [0, 0.05) is 25.5 Å². The summed E-state index contributed by atoms with van der Waals surface area (Å²) in [4.78, 5) is 5.23. The molecule has 0 N–H and O–H groups in total. The van der Waals surface area contributed by atoms with E-state index in [-0.39, 0.29) is 0 Å². The van der Waals surface area contributed by atoms with E-state index in [2.05, 4.69) is 43.0 Å². The van der Waals surface area contributed by atoms with Gasteiger partial charge in [0.25, 0.3) is 0 Å². The first-order chi connectivity index (χ1) is 17.3. The Morgan fingerprint density at radius 3 is 0.886 bits per heavy atom. The molecule has 2 nitrogen and oxygen atoms in total. The molecule has 2 heteroatoms. The summed E-state index contributed by atoms with van der Waals surface area (Å²) < 4.78 is 0. The zero-order valence-corrected chi connectivity index (χ0v) is 24.7. The van der Waals surface area contributed by atoms with Crippen LogP contribution in [-0.2, 0) is 0 Å². The number of hydrogen-bond acceptors (Lipinski definition) is 2. The molecule has 0 radical (unpaired) electrons. The fraction of sp³-hybridized carbons (Fsp3) is 0.939. The molecule has 0 spiro atoms. The number of rotatable bonds is 27. The highest BCUT2D eigenvalue weighted by molar-refractivity contribution is 4.96. The topological polar surface area (TPSA) is 6.48 Å². The third kappa shape index (κ3) is 18.3. The van der Waals surface area contributed by atoms with Gasteiger partial charge >= 0.3 is 0 Å². The molecular formula is C33H66N2. The maximum atomic E-state index is 2.62. The summed E-state index contributed by atoms with van der Waals surface area (Å²) in [5.41, 5.74) is 0. The van der Waals surface area contributed by atoms with Gasteiger partial charge in [0.15, 0.2) is 0 Å². The van der Waals surface area contributed by atoms with Crippen molar-refractivity contribution in [1.29, 1.82) is 0 Å². The van der Waals surface area contributed by atoms with Gasteiger partial charge in [0.05, 0.1) is 0 Å². The van der Waals surface area contributed by atoms with E-state index in [1.54, 1.807) is 0 Å². The maximum Gasteiger partial charge on any atom is 0.100 e. The summed E-state index contributed by atoms with van der Waals surface area (Å²) in [5.74, 6) is 0. The smallest absolute Gasteiger partial charge is 0.100 e. The molecule has 0 aromatic rings. The lowest BCUT2D eigenvalue weighted by Crippen LogP contribution is -2.38. The van der Waals surface area contributed by atoms with Gasteiger partial charge in [-0.05, 0) is 19.3 Å². The molecule has 35 heavy (non-hydrogen) atoms. The van der Waals surface area contributed by atoms with E-state index in [1.165, 1.54) is 174 Å². The Bertz CT molecular complexity index is 446. The van der Waals surface area contributed by atoms with Crippen molar-refractivity contribution in [1.82, 2.24) is 9.80 Å². The van der Waals surface area contributed by atoms with Crippen LogP contribution in [0.1, 0.15) is 181 Å². The van der Waals surface area contributed by atoms with Crippen LogP contribution in [0.2, 0.25) is 0 Å². The molecular weight excluding hydrogens is 424 g/mol. The maximum absolute atomic E-state index is 2.62. The van der Waals surface area contributed by atoms with E-state index < -0.39 is 0 Å². The van der Waals surface area contributed by atoms with Gasteiger partial charge in [0.1, 0.15) is 6.17 Å². The van der Waals surface area contributed by atoms with Gasteiger partial charge in [-0.2, -0.15) is 0 Å². The van der Waals surface area contributed by atoms with Crippen LogP contribution in [0.5, 0.6) is 0 Å². The van der Waals surface area contributed by atoms with Gasteiger partial charge in [-0.15, -0.1) is 0 Å². The second kappa shape index (κ2) is 25.0. The van der Waals surface area contributed by atoms with Crippen LogP contribution >= 0.6 is 0 Å². The van der Waals surface area contributed by atoms with Crippen molar-refractivity contribution in [2.75, 3.05) is 13.1 Å². The van der Waals surface area contributed by atoms with Crippen LogP contribution in [-0.4, -0.2) is 29.1 Å². The van der Waals surface area contributed by atoms with E-state index in [0.717, 1.165) is 0 Å². The standard InChI is InChI=1S/C33H66N2/c1-4-7-9-11-13-14-15-16-17-18-19-20-21-22-24-26-28-30-35-32-31-34(33(35)6-3)29-27-25-23-12-10-8-5-2/h31-33H,4-30H2,1-3H3. The Hall–Kier alpha value is -0.660. The van der Waals surface area contributed by atoms with Gasteiger partial charge in [-0.1, -0.05) is 162 Å². The molecule has 0 fully saturated rings. The summed E-state index contributed by atoms with van der Waals surface area (Å²) in [5, 5.41) is 0. The molecule has 0 saturated carbocycles. The van der Waals surface area contributed by atoms with E-state index >= 15 is 0 Å². The van der Waals surface area contributed by atoms with Crippen molar-refractivity contribution < 1.29 is 0 Å². The Labute approximate surface area is 222 Å². The number of hydrogen-bond donors (Lipinski definition) is 0. The van der Waals surface area contributed by atoms with Gasteiger partial charge in [0.2, 0.25) is 0 Å². The summed E-state index contributed by atoms with van der Waals surface area (Å²) in [7, 11) is 0. The highest BCUT2D eigenvalue weighted by Crippen LogP contribution is 2.21. The number of unbranched alkanes of at least 4 members (excludes halogenated alkanes) is 22. The lowest BCUT2D eigenvalue weighted by Gasteiger charge is -2.32. The molecule has 0 bridgehead atoms. The van der Waals surface area contributed by atoms with Crippen LogP contribution in [0, 0.1) is 0 Å². The zero-order valence-electron chi connectivity index (χ0n) is 24.7. The van der Waals surface area contributed by atoms with Crippen molar-refractivity contribution >= 4 is 0 Å². The fourth-order valence-corrected chi connectivity index (χ4v) is 5.75. The van der Waals surface area contributed by atoms with E-state index in [0.29, 0.717) is 6.17 Å². The molecule has 0 saturated heterocycles. The quantitative estimate of drug-likeness (QED) is 0.106. The Balaban J connectivity index is 1.87. The molecule has 0 aromatic carbocycles. The van der Waals surface area contributed by atoms with E-state index in [4.69, 9.17) is 0 Å². The Morgan fingerprint density at radius 1 is 0.371 bits per heavy atom. The first-order valence-corrected chi connectivity index (χ1v) is 16.5. The average Bonchev–Trinajstić information content (AvgIpc) is 3.26. The second-order valence-corrected chi connectivity index (χ2v) is 11.4. The predicted molar refractivity (Wildman–Crippen MR) is 159 cm³/mol. The highest BCUT2D eigenvalue weighted by Gasteiger charge is 2.23. The largest absolute Gasteiger partial charge is 0.356 e. The molecule has 1 atom stereocenters. The molecule has 0 aliphatic carbocycles. The molecule has 1 aliphatic rings. The van der Waals surface area contributed by atoms with Crippen molar-refractivity contribution in [3.8, 4) is 0 Å². The van der Waals surface area contributed by atoms with E-state index in [1.807, 2.05) is 0 Å². The highest BCUT2D eigenvalue weighted by atomic mass is 15.4. The molecule has 1 unspecified atom stereocenters. The van der Waals surface area contributed by atoms with Crippen molar-refractivity contribution in [2.24, 2.45) is 0 Å².